The molecule has 0 saturated carbocycles. The zero-order valence-electron chi connectivity index (χ0n) is 11.7. The van der Waals surface area contributed by atoms with Crippen LogP contribution < -0.4 is 5.43 Å². The number of hydrogen-bond acceptors (Lipinski definition) is 14. The highest BCUT2D eigenvalue weighted by atomic mass is 16.7. The monoisotopic (exact) mass is 360 g/mol. The molecule has 1 N–H and O–H groups in total. The predicted molar refractivity (Wildman–Crippen MR) is 65.9 cm³/mol. The van der Waals surface area contributed by atoms with Crippen molar-refractivity contribution in [2.75, 3.05) is 12.5 Å². The van der Waals surface area contributed by atoms with Crippen molar-refractivity contribution in [1.29, 1.82) is 0 Å². The Morgan fingerprint density at radius 3 is 2.32 bits per heavy atom. The first-order valence-electron chi connectivity index (χ1n) is 5.70. The third kappa shape index (κ3) is 2.62. The molecule has 0 amide bonds. The summed E-state index contributed by atoms with van der Waals surface area (Å²) in [6, 6.07) is 0. The Hall–Kier alpha value is -4.25. The molecule has 0 aliphatic carbocycles. The van der Waals surface area contributed by atoms with Crippen LogP contribution in [0.5, 0.6) is 0 Å². The van der Waals surface area contributed by atoms with Gasteiger partial charge in [0.2, 0.25) is 11.5 Å². The number of esters is 1. The minimum absolute atomic E-state index is 0.558. The fourth-order valence-corrected chi connectivity index (χ4v) is 1.56. The lowest BCUT2D eigenvalue weighted by Gasteiger charge is -2.09. The van der Waals surface area contributed by atoms with Gasteiger partial charge in [0.25, 0.3) is 5.82 Å². The van der Waals surface area contributed by atoms with Crippen LogP contribution in [0.2, 0.25) is 0 Å². The largest absolute Gasteiger partial charge is 0.631 e. The number of hydrogen-bond donors (Lipinski definition) is 1. The van der Waals surface area contributed by atoms with Gasteiger partial charge in [0.1, 0.15) is 9.85 Å². The van der Waals surface area contributed by atoms with Gasteiger partial charge < -0.3 is 9.26 Å². The van der Waals surface area contributed by atoms with Gasteiger partial charge in [-0.1, -0.05) is 10.6 Å². The lowest BCUT2D eigenvalue weighted by Crippen LogP contribution is -2.51. The van der Waals surface area contributed by atoms with Crippen LogP contribution in [0, 0.1) is 30.3 Å². The molecule has 0 bridgehead atoms. The van der Waals surface area contributed by atoms with Crippen LogP contribution in [0.1, 0.15) is 5.89 Å². The van der Waals surface area contributed by atoms with Gasteiger partial charge in [-0.15, -0.1) is 0 Å². The first kappa shape index (κ1) is 17.1. The molecule has 25 heavy (non-hydrogen) atoms. The van der Waals surface area contributed by atoms with E-state index in [0.717, 1.165) is 0 Å². The summed E-state index contributed by atoms with van der Waals surface area (Å²) in [4.78, 5) is 44.5. The Morgan fingerprint density at radius 1 is 1.16 bits per heavy atom. The average Bonchev–Trinajstić information content (AvgIpc) is 3.15. The molecule has 0 aliphatic rings. The molecule has 0 spiro atoms. The Bertz CT molecular complexity index is 841. The van der Waals surface area contributed by atoms with Crippen molar-refractivity contribution in [3.05, 3.63) is 36.2 Å². The molecule has 2 aromatic heterocycles. The van der Waals surface area contributed by atoms with Crippen molar-refractivity contribution in [3.63, 3.8) is 0 Å². The van der Waals surface area contributed by atoms with Gasteiger partial charge in [0, 0.05) is 0 Å². The Kier molecular flexibility index (Phi) is 4.17. The molecule has 0 saturated heterocycles. The molecule has 0 aromatic carbocycles. The highest BCUT2D eigenvalue weighted by molar-refractivity contribution is 5.77. The van der Waals surface area contributed by atoms with E-state index in [2.05, 4.69) is 34.3 Å². The zero-order valence-corrected chi connectivity index (χ0v) is 11.7. The summed E-state index contributed by atoms with van der Waals surface area (Å²) in [5.41, 5.74) is -2.75. The summed E-state index contributed by atoms with van der Waals surface area (Å²) in [5, 5.41) is 41.1. The summed E-state index contributed by atoms with van der Waals surface area (Å²) in [6.45, 7) is 0. The van der Waals surface area contributed by atoms with Crippen molar-refractivity contribution in [1.82, 2.24) is 20.5 Å². The van der Waals surface area contributed by atoms with Gasteiger partial charge in [0.05, 0.1) is 7.11 Å². The smallest absolute Gasteiger partial charge is 0.458 e. The van der Waals surface area contributed by atoms with Gasteiger partial charge in [-0.3, -0.25) is 20.2 Å². The van der Waals surface area contributed by atoms with E-state index in [4.69, 9.17) is 0 Å². The molecule has 2 rings (SSSR count). The highest BCUT2D eigenvalue weighted by Crippen LogP contribution is 2.29. The lowest BCUT2D eigenvalue weighted by molar-refractivity contribution is -0.794. The topological polar surface area (TPSA) is 246 Å². The highest BCUT2D eigenvalue weighted by Gasteiger charge is 2.73. The maximum atomic E-state index is 11.6. The second kappa shape index (κ2) is 6.10. The summed E-state index contributed by atoms with van der Waals surface area (Å²) in [6.07, 6.45) is 0. The van der Waals surface area contributed by atoms with Crippen molar-refractivity contribution < 1.29 is 33.6 Å². The van der Waals surface area contributed by atoms with E-state index in [0.29, 0.717) is 7.11 Å². The maximum absolute atomic E-state index is 11.6. The minimum atomic E-state index is -3.74. The van der Waals surface area contributed by atoms with Crippen LogP contribution in [-0.2, 0) is 15.2 Å². The molecule has 0 atom stereocenters. The third-order valence-corrected chi connectivity index (χ3v) is 2.62. The number of methoxy groups -OCH3 is 1. The molecule has 18 heteroatoms. The quantitative estimate of drug-likeness (QED) is 0.258. The van der Waals surface area contributed by atoms with E-state index < -0.39 is 49.7 Å². The Morgan fingerprint density at radius 2 is 1.80 bits per heavy atom. The number of aromatic nitrogens is 4. The van der Waals surface area contributed by atoms with Crippen molar-refractivity contribution in [3.8, 4) is 11.5 Å². The SMILES string of the molecule is COC(=O)C(c1nc(-c2nonc2N[N+](=O)[O-])no1)([N+](=O)[O-])[N+](=O)[O-]. The first-order chi connectivity index (χ1) is 11.7. The van der Waals surface area contributed by atoms with Crippen molar-refractivity contribution in [2.24, 2.45) is 0 Å². The number of hydrazine groups is 1. The maximum Gasteiger partial charge on any atom is 0.631 e. The fourth-order valence-electron chi connectivity index (χ4n) is 1.56. The summed E-state index contributed by atoms with van der Waals surface area (Å²) < 4.78 is 12.7. The van der Waals surface area contributed by atoms with Crippen LogP contribution in [0.15, 0.2) is 9.15 Å². The number of carbonyl (C=O) groups is 1. The molecular weight excluding hydrogens is 356 g/mol. The molecule has 0 fully saturated rings. The van der Waals surface area contributed by atoms with Gasteiger partial charge >= 0.3 is 17.5 Å². The molecule has 0 unspecified atom stereocenters. The average molecular weight is 360 g/mol. The van der Waals surface area contributed by atoms with Gasteiger partial charge in [-0.25, -0.2) is 19.5 Å². The van der Waals surface area contributed by atoms with E-state index in [1.54, 1.807) is 5.43 Å². The summed E-state index contributed by atoms with van der Waals surface area (Å²) in [5.74, 6) is -4.63. The first-order valence-corrected chi connectivity index (χ1v) is 5.70. The molecule has 0 radical (unpaired) electrons. The number of carbonyl (C=O) groups excluding carboxylic acids is 1. The van der Waals surface area contributed by atoms with E-state index in [1.165, 1.54) is 0 Å². The molecule has 2 heterocycles. The number of nitro groups is 3. The molecule has 132 valence electrons. The van der Waals surface area contributed by atoms with E-state index in [9.17, 15) is 35.1 Å². The minimum Gasteiger partial charge on any atom is -0.458 e. The van der Waals surface area contributed by atoms with E-state index in [1.807, 2.05) is 0 Å². The van der Waals surface area contributed by atoms with Crippen LogP contribution in [-0.4, -0.2) is 48.4 Å². The standard InChI is InChI=1S/C7H4N8O10/c1-23-6(16)7(13(17)18,14(19)20)5-8-3(11-24-5)2-4(9-15(21)22)12-25-10-2/h1H3,(H,9,12). The summed E-state index contributed by atoms with van der Waals surface area (Å²) >= 11 is 0. The number of nitrogens with zero attached hydrogens (tertiary/aromatic N) is 7. The van der Waals surface area contributed by atoms with Crippen LogP contribution in [0.3, 0.4) is 0 Å². The van der Waals surface area contributed by atoms with Gasteiger partial charge in [0.15, 0.2) is 5.03 Å². The normalized spacial score (nSPS) is 10.9. The number of anilines is 1. The van der Waals surface area contributed by atoms with Gasteiger partial charge in [-0.05, 0) is 10.3 Å². The van der Waals surface area contributed by atoms with Crippen LogP contribution >= 0.6 is 0 Å². The van der Waals surface area contributed by atoms with E-state index in [-0.39, 0.29) is 0 Å². The van der Waals surface area contributed by atoms with Crippen LogP contribution in [0.4, 0.5) is 5.82 Å². The number of rotatable bonds is 7. The van der Waals surface area contributed by atoms with Crippen molar-refractivity contribution in [2.45, 2.75) is 5.66 Å². The predicted octanol–water partition coefficient (Wildman–Crippen LogP) is -1.40. The van der Waals surface area contributed by atoms with Crippen molar-refractivity contribution >= 4 is 11.8 Å². The lowest BCUT2D eigenvalue weighted by atomic mass is 10.2. The summed E-state index contributed by atoms with van der Waals surface area (Å²) in [7, 11) is 0.669. The second-order valence-corrected chi connectivity index (χ2v) is 3.93. The molecular formula is C7H4N8O10. The van der Waals surface area contributed by atoms with E-state index >= 15 is 0 Å². The Balaban J connectivity index is 2.57. The number of nitrogens with one attached hydrogen (secondary N) is 1. The van der Waals surface area contributed by atoms with Gasteiger partial charge in [-0.2, -0.15) is 4.98 Å². The zero-order chi connectivity index (χ0) is 18.8. The molecule has 2 aromatic rings. The second-order valence-electron chi connectivity index (χ2n) is 3.93. The van der Waals surface area contributed by atoms with Crippen LogP contribution in [0.25, 0.3) is 11.5 Å². The third-order valence-electron chi connectivity index (χ3n) is 2.62. The molecule has 0 aliphatic heterocycles. The Labute approximate surface area is 133 Å². The number of ether oxygens (including phenoxy) is 1. The fraction of sp³-hybridized carbons (Fsp3) is 0.286. The molecule has 18 nitrogen and oxygen atoms in total.